The molecule has 66 heavy (non-hydrogen) atoms. The van der Waals surface area contributed by atoms with E-state index in [1.807, 2.05) is 41.2 Å². The predicted octanol–water partition coefficient (Wildman–Crippen LogP) is 10.9. The number of rotatable bonds is 8. The SMILES string of the molecule is Cc1ccc(-c2csc(N3CCN(S(=O)(=O)c4cc(C(F)(F)F)ccc4Cl)CC3)n2)cc1C.O=S(=O)(c1cc(C(F)(F)F)ccc1Cl)N1CCN(c2nc(-c3ccc(F)c(F)c3)cs2)CC1. The summed E-state index contributed by atoms with van der Waals surface area (Å²) in [5.41, 5.74) is 2.94. The largest absolute Gasteiger partial charge is 0.416 e. The predicted molar refractivity (Wildman–Crippen MR) is 239 cm³/mol. The third-order valence-corrected chi connectivity index (χ3v) is 17.3. The van der Waals surface area contributed by atoms with Gasteiger partial charge < -0.3 is 9.80 Å². The molecule has 2 saturated heterocycles. The van der Waals surface area contributed by atoms with Crippen molar-refractivity contribution in [3.05, 3.63) is 127 Å². The van der Waals surface area contributed by atoms with Crippen LogP contribution < -0.4 is 9.80 Å². The Morgan fingerprint density at radius 1 is 0.530 bits per heavy atom. The highest BCUT2D eigenvalue weighted by Crippen LogP contribution is 2.38. The van der Waals surface area contributed by atoms with Gasteiger partial charge in [0.05, 0.1) is 32.6 Å². The Morgan fingerprint density at radius 3 is 1.33 bits per heavy atom. The van der Waals surface area contributed by atoms with Gasteiger partial charge in [0.2, 0.25) is 20.0 Å². The van der Waals surface area contributed by atoms with Crippen LogP contribution in [0.3, 0.4) is 0 Å². The molecule has 0 unspecified atom stereocenters. The maximum Gasteiger partial charge on any atom is 0.416 e. The fourth-order valence-electron chi connectivity index (χ4n) is 6.91. The summed E-state index contributed by atoms with van der Waals surface area (Å²) >= 11 is 14.6. The molecule has 0 radical (unpaired) electrons. The van der Waals surface area contributed by atoms with Gasteiger partial charge in [0.25, 0.3) is 0 Å². The second-order valence-corrected chi connectivity index (χ2v) is 21.3. The first-order valence-corrected chi connectivity index (χ1v) is 25.0. The summed E-state index contributed by atoms with van der Waals surface area (Å²) in [5.74, 6) is -1.96. The minimum atomic E-state index is -4.70. The van der Waals surface area contributed by atoms with Crippen LogP contribution in [0.5, 0.6) is 0 Å². The van der Waals surface area contributed by atoms with E-state index in [-0.39, 0.29) is 49.3 Å². The molecule has 6 aromatic rings. The van der Waals surface area contributed by atoms with E-state index in [2.05, 4.69) is 11.1 Å². The summed E-state index contributed by atoms with van der Waals surface area (Å²) in [6.45, 7) is 5.56. The Balaban J connectivity index is 0.000000196. The lowest BCUT2D eigenvalue weighted by Crippen LogP contribution is -2.48. The zero-order valence-electron chi connectivity index (χ0n) is 34.5. The summed E-state index contributed by atoms with van der Waals surface area (Å²) in [4.78, 5) is 11.8. The number of hydrogen-bond acceptors (Lipinski definition) is 10. The van der Waals surface area contributed by atoms with Gasteiger partial charge in [0.15, 0.2) is 21.9 Å². The Morgan fingerprint density at radius 2 is 0.939 bits per heavy atom. The van der Waals surface area contributed by atoms with Crippen molar-refractivity contribution in [3.63, 3.8) is 0 Å². The van der Waals surface area contributed by atoms with Crippen LogP contribution in [0, 0.1) is 25.5 Å². The number of halogens is 10. The summed E-state index contributed by atoms with van der Waals surface area (Å²) in [6, 6.07) is 14.1. The van der Waals surface area contributed by atoms with E-state index in [0.29, 0.717) is 41.6 Å². The Hall–Kier alpha value is -4.42. The van der Waals surface area contributed by atoms with Crippen LogP contribution in [0.1, 0.15) is 22.3 Å². The van der Waals surface area contributed by atoms with Crippen LogP contribution in [-0.2, 0) is 32.4 Å². The fourth-order valence-corrected chi connectivity index (χ4v) is 12.5. The minimum Gasteiger partial charge on any atom is -0.345 e. The van der Waals surface area contributed by atoms with Gasteiger partial charge >= 0.3 is 12.4 Å². The van der Waals surface area contributed by atoms with Gasteiger partial charge in [-0.25, -0.2) is 35.6 Å². The third kappa shape index (κ3) is 10.8. The smallest absolute Gasteiger partial charge is 0.345 e. The van der Waals surface area contributed by atoms with Gasteiger partial charge in [-0.05, 0) is 85.6 Å². The van der Waals surface area contributed by atoms with Crippen molar-refractivity contribution < 1.29 is 52.0 Å². The van der Waals surface area contributed by atoms with Crippen LogP contribution in [0.4, 0.5) is 45.4 Å². The molecule has 4 aromatic carbocycles. The van der Waals surface area contributed by atoms with Crippen molar-refractivity contribution in [2.75, 3.05) is 62.2 Å². The van der Waals surface area contributed by atoms with E-state index in [4.69, 9.17) is 28.2 Å². The van der Waals surface area contributed by atoms with E-state index in [1.54, 1.807) is 5.38 Å². The lowest BCUT2D eigenvalue weighted by atomic mass is 10.1. The summed E-state index contributed by atoms with van der Waals surface area (Å²) in [6.07, 6.45) is -9.37. The molecule has 0 atom stereocenters. The number of hydrogen-bond donors (Lipinski definition) is 0. The molecule has 0 saturated carbocycles. The zero-order valence-corrected chi connectivity index (χ0v) is 39.2. The van der Waals surface area contributed by atoms with E-state index >= 15 is 0 Å². The van der Waals surface area contributed by atoms with E-state index in [0.717, 1.165) is 57.1 Å². The minimum absolute atomic E-state index is 0.00893. The number of sulfonamides is 2. The van der Waals surface area contributed by atoms with Crippen molar-refractivity contribution in [1.82, 2.24) is 18.6 Å². The van der Waals surface area contributed by atoms with Crippen molar-refractivity contribution in [1.29, 1.82) is 0 Å². The van der Waals surface area contributed by atoms with Gasteiger partial charge in [0.1, 0.15) is 9.79 Å². The van der Waals surface area contributed by atoms with Gasteiger partial charge in [-0.3, -0.25) is 0 Å². The highest BCUT2D eigenvalue weighted by Gasteiger charge is 2.37. The normalized spacial score (nSPS) is 15.8. The molecule has 2 aliphatic rings. The second-order valence-electron chi connectivity index (χ2n) is 15.0. The Bertz CT molecular complexity index is 2770. The van der Waals surface area contributed by atoms with Crippen molar-refractivity contribution in [2.45, 2.75) is 36.0 Å². The zero-order chi connectivity index (χ0) is 47.9. The highest BCUT2D eigenvalue weighted by molar-refractivity contribution is 7.89. The topological polar surface area (TPSA) is 107 Å². The first kappa shape index (κ1) is 49.5. The third-order valence-electron chi connectivity index (χ3n) is 10.8. The van der Waals surface area contributed by atoms with Crippen LogP contribution in [0.25, 0.3) is 22.5 Å². The first-order valence-electron chi connectivity index (χ1n) is 19.6. The number of alkyl halides is 6. The number of nitrogens with zero attached hydrogens (tertiary/aromatic N) is 6. The molecule has 352 valence electrons. The van der Waals surface area contributed by atoms with Crippen molar-refractivity contribution in [3.8, 4) is 22.5 Å². The van der Waals surface area contributed by atoms with Crippen molar-refractivity contribution >= 4 is 76.2 Å². The van der Waals surface area contributed by atoms with Gasteiger partial charge in [0, 0.05) is 74.2 Å². The molecule has 2 aromatic heterocycles. The average molecular weight is 1040 g/mol. The molecule has 0 spiro atoms. The highest BCUT2D eigenvalue weighted by atomic mass is 35.5. The number of thiazole rings is 2. The second kappa shape index (κ2) is 19.3. The number of aryl methyl sites for hydroxylation is 2. The quantitative estimate of drug-likeness (QED) is 0.139. The Kier molecular flexibility index (Phi) is 14.5. The summed E-state index contributed by atoms with van der Waals surface area (Å²) in [5, 5.41) is 4.45. The van der Waals surface area contributed by atoms with Crippen LogP contribution in [0.15, 0.2) is 93.3 Å². The molecule has 0 amide bonds. The molecule has 0 bridgehead atoms. The lowest BCUT2D eigenvalue weighted by Gasteiger charge is -2.34. The monoisotopic (exact) mass is 1040 g/mol. The van der Waals surface area contributed by atoms with Crippen molar-refractivity contribution in [2.24, 2.45) is 0 Å². The maximum atomic E-state index is 13.5. The van der Waals surface area contributed by atoms with Gasteiger partial charge in [-0.2, -0.15) is 35.0 Å². The fraction of sp³-hybridized carbons (Fsp3) is 0.286. The molecule has 4 heterocycles. The maximum absolute atomic E-state index is 13.5. The molecule has 0 aliphatic carbocycles. The van der Waals surface area contributed by atoms with Gasteiger partial charge in [-0.15, -0.1) is 22.7 Å². The van der Waals surface area contributed by atoms with E-state index in [1.165, 1.54) is 44.2 Å². The average Bonchev–Trinajstić information content (AvgIpc) is 3.97. The van der Waals surface area contributed by atoms with E-state index < -0.39 is 65.0 Å². The standard InChI is InChI=1S/C22H21ClF3N3O2S2.C20H15ClF5N3O2S2/c1-14-3-4-16(11-15(14)2)19-13-32-21(27-19)28-7-9-29(10-8-28)33(30,31)20-12-17(22(24,25)26)5-6-18(20)23;21-14-3-2-13(20(24,25)26)10-18(14)33(30,31)29-7-5-28(6-8-29)19-27-17(11-32-19)12-1-4-15(22)16(23)9-12/h3-6,11-13H,7-10H2,1-2H3;1-4,9-11H,5-8H2. The summed E-state index contributed by atoms with van der Waals surface area (Å²) in [7, 11) is -8.42. The number of anilines is 2. The molecule has 10 nitrogen and oxygen atoms in total. The van der Waals surface area contributed by atoms with Crippen LogP contribution in [0.2, 0.25) is 10.0 Å². The molecule has 0 N–H and O–H groups in total. The molecule has 24 heteroatoms. The molecular formula is C42H36Cl2F8N6O4S4. The molecule has 8 rings (SSSR count). The van der Waals surface area contributed by atoms with Crippen LogP contribution >= 0.6 is 45.9 Å². The lowest BCUT2D eigenvalue weighted by molar-refractivity contribution is -0.138. The number of aromatic nitrogens is 2. The first-order chi connectivity index (χ1) is 30.9. The number of piperazine rings is 2. The molecule has 2 aliphatic heterocycles. The molecular weight excluding hydrogens is 1000 g/mol. The molecule has 2 fully saturated rings. The Labute approximate surface area is 392 Å². The van der Waals surface area contributed by atoms with E-state index in [9.17, 15) is 52.0 Å². The van der Waals surface area contributed by atoms with Crippen LogP contribution in [-0.4, -0.2) is 87.8 Å². The number of benzene rings is 4. The van der Waals surface area contributed by atoms with Gasteiger partial charge in [-0.1, -0.05) is 35.3 Å². The summed E-state index contributed by atoms with van der Waals surface area (Å²) < 4.78 is 159.